The van der Waals surface area contributed by atoms with Gasteiger partial charge in [-0.15, -0.1) is 0 Å². The summed E-state index contributed by atoms with van der Waals surface area (Å²) in [5.74, 6) is 0.0145. The van der Waals surface area contributed by atoms with Crippen LogP contribution in [0.5, 0.6) is 5.75 Å². The molecule has 0 amide bonds. The van der Waals surface area contributed by atoms with E-state index in [1.807, 2.05) is 54.6 Å². The Balaban J connectivity index is 1.79. The van der Waals surface area contributed by atoms with Crippen LogP contribution in [0.3, 0.4) is 0 Å². The van der Waals surface area contributed by atoms with Crippen molar-refractivity contribution in [3.63, 3.8) is 0 Å². The molecule has 3 heteroatoms. The molecule has 27 heavy (non-hydrogen) atoms. The quantitative estimate of drug-likeness (QED) is 0.400. The van der Waals surface area contributed by atoms with Crippen molar-refractivity contribution in [1.82, 2.24) is 4.98 Å². The highest BCUT2D eigenvalue weighted by Crippen LogP contribution is 2.48. The third-order valence-corrected chi connectivity index (χ3v) is 5.46. The van der Waals surface area contributed by atoms with Gasteiger partial charge >= 0.3 is 5.97 Å². The first-order valence-corrected chi connectivity index (χ1v) is 9.17. The fourth-order valence-corrected chi connectivity index (χ4v) is 4.33. The topological polar surface area (TPSA) is 42.1 Å². The summed E-state index contributed by atoms with van der Waals surface area (Å²) < 4.78 is 5.62. The average Bonchev–Trinajstić information content (AvgIpc) is 3.20. The van der Waals surface area contributed by atoms with Crippen molar-refractivity contribution in [1.29, 1.82) is 0 Å². The van der Waals surface area contributed by atoms with E-state index in [-0.39, 0.29) is 17.8 Å². The molecule has 0 fully saturated rings. The SMILES string of the molecule is Cc1[nH]c2ccccc2c1[C@H](c1ccccc1)[C@H]1C(=O)Oc2ccccc21. The summed E-state index contributed by atoms with van der Waals surface area (Å²) in [5, 5.41) is 1.15. The smallest absolute Gasteiger partial charge is 0.319 e. The highest BCUT2D eigenvalue weighted by atomic mass is 16.5. The van der Waals surface area contributed by atoms with E-state index in [9.17, 15) is 4.79 Å². The summed E-state index contributed by atoms with van der Waals surface area (Å²) in [4.78, 5) is 16.4. The van der Waals surface area contributed by atoms with Crippen LogP contribution in [0.15, 0.2) is 78.9 Å². The second kappa shape index (κ2) is 6.13. The molecule has 0 spiro atoms. The molecular weight excluding hydrogens is 334 g/mol. The zero-order valence-corrected chi connectivity index (χ0v) is 15.0. The van der Waals surface area contributed by atoms with Gasteiger partial charge in [0.2, 0.25) is 0 Å². The van der Waals surface area contributed by atoms with E-state index < -0.39 is 0 Å². The highest BCUT2D eigenvalue weighted by Gasteiger charge is 2.41. The summed E-state index contributed by atoms with van der Waals surface area (Å²) >= 11 is 0. The monoisotopic (exact) mass is 353 g/mol. The Morgan fingerprint density at radius 2 is 1.59 bits per heavy atom. The predicted molar refractivity (Wildman–Crippen MR) is 106 cm³/mol. The molecule has 3 aromatic carbocycles. The van der Waals surface area contributed by atoms with Crippen molar-refractivity contribution in [2.24, 2.45) is 0 Å². The molecule has 2 atom stereocenters. The lowest BCUT2D eigenvalue weighted by Gasteiger charge is -2.23. The van der Waals surface area contributed by atoms with Crippen LogP contribution in [0.1, 0.15) is 34.2 Å². The number of esters is 1. The number of para-hydroxylation sites is 2. The first-order chi connectivity index (χ1) is 13.2. The van der Waals surface area contributed by atoms with Crippen molar-refractivity contribution in [2.45, 2.75) is 18.8 Å². The molecule has 0 unspecified atom stereocenters. The minimum atomic E-state index is -0.360. The standard InChI is InChI=1S/C24H19NO2/c1-15-21(17-11-5-7-13-19(17)25-15)22(16-9-3-2-4-10-16)23-18-12-6-8-14-20(18)27-24(23)26/h2-14,22-23,25H,1H3/t22-,23-/m0/s1. The molecular formula is C24H19NO2. The van der Waals surface area contributed by atoms with Crippen LogP contribution < -0.4 is 4.74 Å². The second-order valence-corrected chi connectivity index (χ2v) is 7.03. The molecule has 3 nitrogen and oxygen atoms in total. The third-order valence-electron chi connectivity index (χ3n) is 5.46. The maximum absolute atomic E-state index is 13.0. The van der Waals surface area contributed by atoms with Crippen molar-refractivity contribution >= 4 is 16.9 Å². The highest BCUT2D eigenvalue weighted by molar-refractivity contribution is 5.91. The summed E-state index contributed by atoms with van der Waals surface area (Å²) in [6.45, 7) is 2.08. The minimum Gasteiger partial charge on any atom is -0.426 e. The fourth-order valence-electron chi connectivity index (χ4n) is 4.33. The first-order valence-electron chi connectivity index (χ1n) is 9.17. The maximum Gasteiger partial charge on any atom is 0.319 e. The Morgan fingerprint density at radius 3 is 2.44 bits per heavy atom. The van der Waals surface area contributed by atoms with E-state index in [2.05, 4.69) is 36.2 Å². The molecule has 2 heterocycles. The Morgan fingerprint density at radius 1 is 0.889 bits per heavy atom. The van der Waals surface area contributed by atoms with Crippen LogP contribution in [0.25, 0.3) is 10.9 Å². The first kappa shape index (κ1) is 15.9. The molecule has 0 saturated heterocycles. The second-order valence-electron chi connectivity index (χ2n) is 7.03. The zero-order valence-electron chi connectivity index (χ0n) is 15.0. The van der Waals surface area contributed by atoms with Gasteiger partial charge in [-0.1, -0.05) is 66.7 Å². The predicted octanol–water partition coefficient (Wildman–Crippen LogP) is 5.31. The van der Waals surface area contributed by atoms with E-state index in [4.69, 9.17) is 4.74 Å². The number of aromatic nitrogens is 1. The van der Waals surface area contributed by atoms with Crippen molar-refractivity contribution in [3.05, 3.63) is 101 Å². The molecule has 0 saturated carbocycles. The van der Waals surface area contributed by atoms with Crippen molar-refractivity contribution < 1.29 is 9.53 Å². The maximum atomic E-state index is 13.0. The van der Waals surface area contributed by atoms with Crippen LogP contribution in [-0.2, 0) is 4.79 Å². The molecule has 132 valence electrons. The van der Waals surface area contributed by atoms with Gasteiger partial charge in [-0.3, -0.25) is 4.79 Å². The van der Waals surface area contributed by atoms with Crippen LogP contribution in [-0.4, -0.2) is 11.0 Å². The number of rotatable bonds is 3. The lowest BCUT2D eigenvalue weighted by Crippen LogP contribution is -2.20. The number of ether oxygens (including phenoxy) is 1. The molecule has 5 rings (SSSR count). The normalized spacial score (nSPS) is 16.9. The van der Waals surface area contributed by atoms with Crippen LogP contribution in [0.4, 0.5) is 0 Å². The van der Waals surface area contributed by atoms with Gasteiger partial charge in [0, 0.05) is 28.1 Å². The van der Waals surface area contributed by atoms with Gasteiger partial charge in [0.1, 0.15) is 5.75 Å². The van der Waals surface area contributed by atoms with Crippen LogP contribution in [0.2, 0.25) is 0 Å². The number of nitrogens with one attached hydrogen (secondary N) is 1. The summed E-state index contributed by atoms with van der Waals surface area (Å²) in [7, 11) is 0. The van der Waals surface area contributed by atoms with Crippen molar-refractivity contribution in [3.8, 4) is 5.75 Å². The van der Waals surface area contributed by atoms with E-state index in [0.29, 0.717) is 5.75 Å². The molecule has 1 aliphatic rings. The zero-order chi connectivity index (χ0) is 18.4. The van der Waals surface area contributed by atoms with Gasteiger partial charge in [0.05, 0.1) is 5.92 Å². The number of hydrogen-bond donors (Lipinski definition) is 1. The van der Waals surface area contributed by atoms with E-state index in [1.165, 1.54) is 0 Å². The van der Waals surface area contributed by atoms with Gasteiger partial charge in [-0.25, -0.2) is 0 Å². The number of carbonyl (C=O) groups is 1. The summed E-state index contributed by atoms with van der Waals surface area (Å²) in [5.41, 5.74) is 5.41. The molecule has 0 aliphatic carbocycles. The van der Waals surface area contributed by atoms with Gasteiger partial charge in [0.15, 0.2) is 0 Å². The summed E-state index contributed by atoms with van der Waals surface area (Å²) in [6.07, 6.45) is 0. The Bertz CT molecular complexity index is 1140. The Labute approximate surface area is 157 Å². The fraction of sp³-hybridized carbons (Fsp3) is 0.125. The molecule has 0 bridgehead atoms. The largest absolute Gasteiger partial charge is 0.426 e. The van der Waals surface area contributed by atoms with Crippen molar-refractivity contribution in [2.75, 3.05) is 0 Å². The van der Waals surface area contributed by atoms with E-state index >= 15 is 0 Å². The van der Waals surface area contributed by atoms with E-state index in [1.54, 1.807) is 0 Å². The third kappa shape index (κ3) is 2.47. The van der Waals surface area contributed by atoms with Gasteiger partial charge in [-0.05, 0) is 30.2 Å². The molecule has 1 N–H and O–H groups in total. The lowest BCUT2D eigenvalue weighted by molar-refractivity contribution is -0.134. The molecule has 4 aromatic rings. The molecule has 0 radical (unpaired) electrons. The Hall–Kier alpha value is -3.33. The molecule has 1 aliphatic heterocycles. The molecule has 1 aromatic heterocycles. The number of aromatic amines is 1. The number of benzene rings is 3. The number of H-pyrrole nitrogens is 1. The van der Waals surface area contributed by atoms with Gasteiger partial charge in [-0.2, -0.15) is 0 Å². The lowest BCUT2D eigenvalue weighted by atomic mass is 9.77. The van der Waals surface area contributed by atoms with Crippen LogP contribution in [0, 0.1) is 6.92 Å². The minimum absolute atomic E-state index is 0.113. The Kier molecular flexibility index (Phi) is 3.61. The number of carbonyl (C=O) groups excluding carboxylic acids is 1. The number of aryl methyl sites for hydroxylation is 1. The van der Waals surface area contributed by atoms with E-state index in [0.717, 1.165) is 33.3 Å². The van der Waals surface area contributed by atoms with Gasteiger partial charge < -0.3 is 9.72 Å². The van der Waals surface area contributed by atoms with Crippen LogP contribution >= 0.6 is 0 Å². The number of fused-ring (bicyclic) bond motifs is 2. The van der Waals surface area contributed by atoms with Gasteiger partial charge in [0.25, 0.3) is 0 Å². The number of hydrogen-bond acceptors (Lipinski definition) is 2. The summed E-state index contributed by atoms with van der Waals surface area (Å²) in [6, 6.07) is 26.3. The average molecular weight is 353 g/mol.